The molecule has 2 nitrogen and oxygen atoms in total. The van der Waals surface area contributed by atoms with Crippen LogP contribution in [-0.4, -0.2) is 6.21 Å². The van der Waals surface area contributed by atoms with Crippen molar-refractivity contribution in [2.75, 3.05) is 5.73 Å². The number of rotatable bonds is 3. The first-order chi connectivity index (χ1) is 8.66. The summed E-state index contributed by atoms with van der Waals surface area (Å²) >= 11 is 3.19. The highest BCUT2D eigenvalue weighted by Gasteiger charge is 2.05. The lowest BCUT2D eigenvalue weighted by atomic mass is 10.2. The lowest BCUT2D eigenvalue weighted by Crippen LogP contribution is -1.97. The maximum absolute atomic E-state index is 13.6. The van der Waals surface area contributed by atoms with Crippen LogP contribution in [0.3, 0.4) is 0 Å². The summed E-state index contributed by atoms with van der Waals surface area (Å²) in [7, 11) is 0. The summed E-state index contributed by atoms with van der Waals surface area (Å²) in [5.74, 6) is -0.376. The molecule has 92 valence electrons. The summed E-state index contributed by atoms with van der Waals surface area (Å²) in [5, 5.41) is 0. The topological polar surface area (TPSA) is 38.4 Å². The van der Waals surface area contributed by atoms with Crippen molar-refractivity contribution in [1.29, 1.82) is 0 Å². The highest BCUT2D eigenvalue weighted by Crippen LogP contribution is 2.21. The fourth-order valence-electron chi connectivity index (χ4n) is 1.57. The zero-order valence-corrected chi connectivity index (χ0v) is 11.2. The predicted molar refractivity (Wildman–Crippen MR) is 76.3 cm³/mol. The van der Waals surface area contributed by atoms with Crippen molar-refractivity contribution in [3.05, 3.63) is 63.9 Å². The second kappa shape index (κ2) is 5.78. The second-order valence-corrected chi connectivity index (χ2v) is 4.76. The zero-order chi connectivity index (χ0) is 13.0. The number of hydrogen-bond acceptors (Lipinski definition) is 2. The van der Waals surface area contributed by atoms with Crippen LogP contribution in [0.5, 0.6) is 0 Å². The maximum Gasteiger partial charge on any atom is 0.135 e. The van der Waals surface area contributed by atoms with E-state index in [2.05, 4.69) is 20.9 Å². The molecule has 0 fully saturated rings. The monoisotopic (exact) mass is 306 g/mol. The summed E-state index contributed by atoms with van der Waals surface area (Å²) in [5.41, 5.74) is 7.52. The Kier molecular flexibility index (Phi) is 4.10. The van der Waals surface area contributed by atoms with Gasteiger partial charge in [-0.25, -0.2) is 4.39 Å². The number of benzene rings is 2. The Morgan fingerprint density at radius 1 is 1.22 bits per heavy atom. The van der Waals surface area contributed by atoms with Crippen LogP contribution in [0.25, 0.3) is 0 Å². The second-order valence-electron chi connectivity index (χ2n) is 3.85. The first kappa shape index (κ1) is 12.8. The molecule has 0 spiro atoms. The summed E-state index contributed by atoms with van der Waals surface area (Å²) in [4.78, 5) is 4.20. The summed E-state index contributed by atoms with van der Waals surface area (Å²) in [6.07, 6.45) is 1.48. The molecule has 0 aromatic heterocycles. The van der Waals surface area contributed by atoms with Crippen LogP contribution >= 0.6 is 15.9 Å². The molecular weight excluding hydrogens is 295 g/mol. The molecule has 0 saturated heterocycles. The van der Waals surface area contributed by atoms with Gasteiger partial charge in [0.2, 0.25) is 0 Å². The van der Waals surface area contributed by atoms with Crippen molar-refractivity contribution < 1.29 is 4.39 Å². The molecule has 0 aliphatic carbocycles. The Morgan fingerprint density at radius 2 is 1.94 bits per heavy atom. The minimum Gasteiger partial charge on any atom is -0.398 e. The molecule has 0 saturated carbocycles. The van der Waals surface area contributed by atoms with Crippen LogP contribution in [0.2, 0.25) is 0 Å². The molecule has 0 atom stereocenters. The third-order valence-corrected chi connectivity index (χ3v) is 2.92. The Hall–Kier alpha value is -1.68. The average Bonchev–Trinajstić information content (AvgIpc) is 2.34. The SMILES string of the molecule is Nc1cc(Br)cc(F)c1C=NCc1ccccc1. The van der Waals surface area contributed by atoms with Gasteiger partial charge >= 0.3 is 0 Å². The standard InChI is InChI=1S/C14H12BrFN2/c15-11-6-13(16)12(14(17)7-11)9-18-8-10-4-2-1-3-5-10/h1-7,9H,8,17H2. The van der Waals surface area contributed by atoms with Crippen molar-refractivity contribution in [3.8, 4) is 0 Å². The van der Waals surface area contributed by atoms with Gasteiger partial charge in [-0.1, -0.05) is 46.3 Å². The molecule has 0 aliphatic rings. The van der Waals surface area contributed by atoms with Crippen LogP contribution in [-0.2, 0) is 6.54 Å². The molecule has 2 rings (SSSR count). The number of hydrogen-bond donors (Lipinski definition) is 1. The maximum atomic E-state index is 13.6. The normalized spacial score (nSPS) is 11.0. The number of nitrogen functional groups attached to an aromatic ring is 1. The molecule has 0 bridgehead atoms. The van der Waals surface area contributed by atoms with Crippen molar-refractivity contribution in [2.24, 2.45) is 4.99 Å². The van der Waals surface area contributed by atoms with Gasteiger partial charge in [-0.15, -0.1) is 0 Å². The van der Waals surface area contributed by atoms with E-state index in [1.54, 1.807) is 6.07 Å². The van der Waals surface area contributed by atoms with E-state index < -0.39 is 0 Å². The lowest BCUT2D eigenvalue weighted by molar-refractivity contribution is 0.625. The van der Waals surface area contributed by atoms with Crippen molar-refractivity contribution in [1.82, 2.24) is 0 Å². The van der Waals surface area contributed by atoms with Crippen molar-refractivity contribution in [3.63, 3.8) is 0 Å². The molecule has 2 aromatic rings. The van der Waals surface area contributed by atoms with Crippen LogP contribution in [0.4, 0.5) is 10.1 Å². The molecule has 0 unspecified atom stereocenters. The molecule has 2 aromatic carbocycles. The van der Waals surface area contributed by atoms with Crippen LogP contribution in [0.15, 0.2) is 51.9 Å². The van der Waals surface area contributed by atoms with Crippen LogP contribution in [0.1, 0.15) is 11.1 Å². The third-order valence-electron chi connectivity index (χ3n) is 2.46. The zero-order valence-electron chi connectivity index (χ0n) is 9.61. The van der Waals surface area contributed by atoms with Crippen LogP contribution < -0.4 is 5.73 Å². The molecular formula is C14H12BrFN2. The highest BCUT2D eigenvalue weighted by atomic mass is 79.9. The minimum atomic E-state index is -0.376. The molecule has 0 aliphatic heterocycles. The average molecular weight is 307 g/mol. The first-order valence-corrected chi connectivity index (χ1v) is 6.24. The van der Waals surface area contributed by atoms with E-state index in [9.17, 15) is 4.39 Å². The van der Waals surface area contributed by atoms with Gasteiger partial charge in [0.25, 0.3) is 0 Å². The number of nitrogens with two attached hydrogens (primary N) is 1. The van der Waals surface area contributed by atoms with Gasteiger partial charge in [0.15, 0.2) is 0 Å². The van der Waals surface area contributed by atoms with E-state index in [-0.39, 0.29) is 5.82 Å². The fourth-order valence-corrected chi connectivity index (χ4v) is 2.01. The van der Waals surface area contributed by atoms with E-state index in [1.807, 2.05) is 30.3 Å². The molecule has 2 N–H and O–H groups in total. The van der Waals surface area contributed by atoms with Gasteiger partial charge < -0.3 is 5.73 Å². The van der Waals surface area contributed by atoms with Gasteiger partial charge in [0.1, 0.15) is 5.82 Å². The molecule has 0 amide bonds. The molecule has 18 heavy (non-hydrogen) atoms. The summed E-state index contributed by atoms with van der Waals surface area (Å²) < 4.78 is 14.3. The number of halogens is 2. The Labute approximate surface area is 113 Å². The van der Waals surface area contributed by atoms with Crippen molar-refractivity contribution >= 4 is 27.8 Å². The fraction of sp³-hybridized carbons (Fsp3) is 0.0714. The number of nitrogens with zero attached hydrogens (tertiary/aromatic N) is 1. The van der Waals surface area contributed by atoms with E-state index in [0.29, 0.717) is 22.3 Å². The third kappa shape index (κ3) is 3.17. The van der Waals surface area contributed by atoms with E-state index in [0.717, 1.165) is 5.56 Å². The smallest absolute Gasteiger partial charge is 0.135 e. The highest BCUT2D eigenvalue weighted by molar-refractivity contribution is 9.10. The predicted octanol–water partition coefficient (Wildman–Crippen LogP) is 3.79. The van der Waals surface area contributed by atoms with Gasteiger partial charge in [0, 0.05) is 16.4 Å². The quantitative estimate of drug-likeness (QED) is 0.680. The number of aliphatic imine (C=N–C) groups is 1. The molecule has 0 radical (unpaired) electrons. The Bertz CT molecular complexity index is 544. The van der Waals surface area contributed by atoms with Crippen LogP contribution in [0, 0.1) is 5.82 Å². The van der Waals surface area contributed by atoms with E-state index in [4.69, 9.17) is 5.73 Å². The summed E-state index contributed by atoms with van der Waals surface area (Å²) in [6, 6.07) is 12.8. The summed E-state index contributed by atoms with van der Waals surface area (Å²) in [6.45, 7) is 0.510. The number of anilines is 1. The van der Waals surface area contributed by atoms with Gasteiger partial charge in [-0.05, 0) is 17.7 Å². The Balaban J connectivity index is 2.15. The molecule has 4 heteroatoms. The lowest BCUT2D eigenvalue weighted by Gasteiger charge is -2.03. The van der Waals surface area contributed by atoms with Crippen molar-refractivity contribution in [2.45, 2.75) is 6.54 Å². The molecule has 0 heterocycles. The van der Waals surface area contributed by atoms with Gasteiger partial charge in [-0.3, -0.25) is 4.99 Å². The first-order valence-electron chi connectivity index (χ1n) is 5.45. The van der Waals surface area contributed by atoms with Gasteiger partial charge in [-0.2, -0.15) is 0 Å². The van der Waals surface area contributed by atoms with E-state index in [1.165, 1.54) is 12.3 Å². The Morgan fingerprint density at radius 3 is 2.61 bits per heavy atom. The van der Waals surface area contributed by atoms with E-state index >= 15 is 0 Å². The largest absolute Gasteiger partial charge is 0.398 e. The minimum absolute atomic E-state index is 0.328. The van der Waals surface area contributed by atoms with Gasteiger partial charge in [0.05, 0.1) is 12.1 Å².